The first-order chi connectivity index (χ1) is 9.26. The molecule has 0 aromatic heterocycles. The highest BCUT2D eigenvalue weighted by atomic mass is 16.2. The fraction of sp³-hybridized carbons (Fsp3) is 0.562. The lowest BCUT2D eigenvalue weighted by molar-refractivity contribution is 0.0705. The standard InChI is InChI=1S/C16H24N2O/c1-2-18(12-13-6-5-7-13)16(19)15-9-4-3-8-14(15)10-11-17/h3-4,8-9,13H,2,5-7,10-12,17H2,1H3. The maximum Gasteiger partial charge on any atom is 0.254 e. The fourth-order valence-corrected chi connectivity index (χ4v) is 2.62. The highest BCUT2D eigenvalue weighted by molar-refractivity contribution is 5.95. The normalized spacial score (nSPS) is 15.1. The zero-order valence-electron chi connectivity index (χ0n) is 11.8. The molecule has 3 heteroatoms. The predicted octanol–water partition coefficient (Wildman–Crippen LogP) is 2.45. The Morgan fingerprint density at radius 2 is 2.11 bits per heavy atom. The number of amides is 1. The van der Waals surface area contributed by atoms with Crippen molar-refractivity contribution in [2.75, 3.05) is 19.6 Å². The summed E-state index contributed by atoms with van der Waals surface area (Å²) in [6.45, 7) is 4.33. The maximum absolute atomic E-state index is 12.6. The first kappa shape index (κ1) is 14.1. The van der Waals surface area contributed by atoms with Gasteiger partial charge in [-0.3, -0.25) is 4.79 Å². The van der Waals surface area contributed by atoms with Crippen LogP contribution in [0.4, 0.5) is 0 Å². The van der Waals surface area contributed by atoms with Gasteiger partial charge in [0.25, 0.3) is 5.91 Å². The molecule has 3 nitrogen and oxygen atoms in total. The number of hydrogen-bond acceptors (Lipinski definition) is 2. The molecule has 0 saturated heterocycles. The summed E-state index contributed by atoms with van der Waals surface area (Å²) in [5.74, 6) is 0.879. The van der Waals surface area contributed by atoms with Crippen molar-refractivity contribution in [1.82, 2.24) is 4.90 Å². The van der Waals surface area contributed by atoms with Gasteiger partial charge in [0, 0.05) is 18.7 Å². The van der Waals surface area contributed by atoms with E-state index in [0.717, 1.165) is 30.6 Å². The van der Waals surface area contributed by atoms with Crippen LogP contribution in [0, 0.1) is 5.92 Å². The van der Waals surface area contributed by atoms with Gasteiger partial charge in [0.15, 0.2) is 0 Å². The summed E-state index contributed by atoms with van der Waals surface area (Å²) >= 11 is 0. The number of nitrogens with zero attached hydrogens (tertiary/aromatic N) is 1. The Bertz CT molecular complexity index is 427. The van der Waals surface area contributed by atoms with Crippen LogP contribution in [0.15, 0.2) is 24.3 Å². The molecule has 0 bridgehead atoms. The Kier molecular flexibility index (Phi) is 4.97. The van der Waals surface area contributed by atoms with E-state index < -0.39 is 0 Å². The van der Waals surface area contributed by atoms with Gasteiger partial charge >= 0.3 is 0 Å². The van der Waals surface area contributed by atoms with Crippen molar-refractivity contribution in [3.63, 3.8) is 0 Å². The molecule has 2 N–H and O–H groups in total. The molecule has 1 aliphatic carbocycles. The summed E-state index contributed by atoms with van der Waals surface area (Å²) in [6, 6.07) is 7.85. The van der Waals surface area contributed by atoms with E-state index in [2.05, 4.69) is 6.92 Å². The van der Waals surface area contributed by atoms with Gasteiger partial charge in [-0.1, -0.05) is 24.6 Å². The van der Waals surface area contributed by atoms with Gasteiger partial charge in [-0.05, 0) is 50.3 Å². The molecule has 1 aliphatic rings. The Morgan fingerprint density at radius 3 is 2.68 bits per heavy atom. The van der Waals surface area contributed by atoms with Gasteiger partial charge in [0.2, 0.25) is 0 Å². The van der Waals surface area contributed by atoms with Gasteiger partial charge in [-0.15, -0.1) is 0 Å². The van der Waals surface area contributed by atoms with Crippen molar-refractivity contribution in [2.24, 2.45) is 11.7 Å². The molecular formula is C16H24N2O. The molecule has 1 saturated carbocycles. The first-order valence-electron chi connectivity index (χ1n) is 7.33. The van der Waals surface area contributed by atoms with Crippen LogP contribution in [-0.4, -0.2) is 30.4 Å². The third-order valence-electron chi connectivity index (χ3n) is 4.03. The van der Waals surface area contributed by atoms with Gasteiger partial charge in [0.05, 0.1) is 0 Å². The van der Waals surface area contributed by atoms with Gasteiger partial charge in [0.1, 0.15) is 0 Å². The molecular weight excluding hydrogens is 236 g/mol. The van der Waals surface area contributed by atoms with Crippen LogP contribution in [-0.2, 0) is 6.42 Å². The predicted molar refractivity (Wildman–Crippen MR) is 78.1 cm³/mol. The smallest absolute Gasteiger partial charge is 0.254 e. The molecule has 0 heterocycles. The summed E-state index contributed by atoms with van der Waals surface area (Å²) in [4.78, 5) is 14.6. The van der Waals surface area contributed by atoms with Gasteiger partial charge in [-0.25, -0.2) is 0 Å². The molecule has 1 aromatic carbocycles. The Labute approximate surface area is 115 Å². The van der Waals surface area contributed by atoms with Crippen LogP contribution >= 0.6 is 0 Å². The third kappa shape index (κ3) is 3.35. The molecule has 0 aliphatic heterocycles. The second-order valence-electron chi connectivity index (χ2n) is 5.34. The van der Waals surface area contributed by atoms with E-state index in [1.54, 1.807) is 0 Å². The Morgan fingerprint density at radius 1 is 1.37 bits per heavy atom. The highest BCUT2D eigenvalue weighted by Gasteiger charge is 2.24. The van der Waals surface area contributed by atoms with E-state index in [1.165, 1.54) is 19.3 Å². The minimum absolute atomic E-state index is 0.165. The second-order valence-corrected chi connectivity index (χ2v) is 5.34. The Balaban J connectivity index is 2.11. The van der Waals surface area contributed by atoms with Crippen LogP contribution in [0.3, 0.4) is 0 Å². The zero-order valence-corrected chi connectivity index (χ0v) is 11.8. The summed E-state index contributed by atoms with van der Waals surface area (Å²) in [5.41, 5.74) is 7.52. The van der Waals surface area contributed by atoms with Crippen LogP contribution in [0.1, 0.15) is 42.1 Å². The largest absolute Gasteiger partial charge is 0.339 e. The lowest BCUT2D eigenvalue weighted by Crippen LogP contribution is -2.37. The second kappa shape index (κ2) is 6.71. The van der Waals surface area contributed by atoms with Crippen LogP contribution in [0.25, 0.3) is 0 Å². The van der Waals surface area contributed by atoms with E-state index in [4.69, 9.17) is 5.73 Å². The lowest BCUT2D eigenvalue weighted by Gasteiger charge is -2.32. The lowest BCUT2D eigenvalue weighted by atomic mass is 9.85. The van der Waals surface area contributed by atoms with E-state index in [-0.39, 0.29) is 5.91 Å². The molecule has 0 radical (unpaired) electrons. The number of carbonyl (C=O) groups is 1. The summed E-state index contributed by atoms with van der Waals surface area (Å²) < 4.78 is 0. The van der Waals surface area contributed by atoms with Gasteiger partial charge < -0.3 is 10.6 Å². The first-order valence-corrected chi connectivity index (χ1v) is 7.33. The molecule has 0 spiro atoms. The average Bonchev–Trinajstić information content (AvgIpc) is 2.38. The highest BCUT2D eigenvalue weighted by Crippen LogP contribution is 2.27. The minimum Gasteiger partial charge on any atom is -0.339 e. The summed E-state index contributed by atoms with van der Waals surface area (Å²) in [5, 5.41) is 0. The monoisotopic (exact) mass is 260 g/mol. The van der Waals surface area contributed by atoms with E-state index in [1.807, 2.05) is 29.2 Å². The maximum atomic E-state index is 12.6. The number of hydrogen-bond donors (Lipinski definition) is 1. The number of rotatable bonds is 6. The molecule has 104 valence electrons. The van der Waals surface area contributed by atoms with Crippen LogP contribution < -0.4 is 5.73 Å². The third-order valence-corrected chi connectivity index (χ3v) is 4.03. The quantitative estimate of drug-likeness (QED) is 0.854. The van der Waals surface area contributed by atoms with Crippen molar-refractivity contribution in [3.8, 4) is 0 Å². The van der Waals surface area contributed by atoms with Crippen molar-refractivity contribution in [2.45, 2.75) is 32.6 Å². The SMILES string of the molecule is CCN(CC1CCC1)C(=O)c1ccccc1CCN. The van der Waals surface area contributed by atoms with Gasteiger partial charge in [-0.2, -0.15) is 0 Å². The van der Waals surface area contributed by atoms with E-state index in [0.29, 0.717) is 12.5 Å². The van der Waals surface area contributed by atoms with Crippen molar-refractivity contribution in [1.29, 1.82) is 0 Å². The molecule has 1 aromatic rings. The van der Waals surface area contributed by atoms with E-state index in [9.17, 15) is 4.79 Å². The Hall–Kier alpha value is -1.35. The van der Waals surface area contributed by atoms with Crippen molar-refractivity contribution < 1.29 is 4.79 Å². The zero-order chi connectivity index (χ0) is 13.7. The fourth-order valence-electron chi connectivity index (χ4n) is 2.62. The molecule has 1 fully saturated rings. The molecule has 1 amide bonds. The summed E-state index contributed by atoms with van der Waals surface area (Å²) in [6.07, 6.45) is 4.63. The van der Waals surface area contributed by atoms with Crippen molar-refractivity contribution in [3.05, 3.63) is 35.4 Å². The topological polar surface area (TPSA) is 46.3 Å². The number of benzene rings is 1. The summed E-state index contributed by atoms with van der Waals surface area (Å²) in [7, 11) is 0. The average molecular weight is 260 g/mol. The minimum atomic E-state index is 0.165. The number of carbonyl (C=O) groups excluding carboxylic acids is 1. The van der Waals surface area contributed by atoms with Crippen molar-refractivity contribution >= 4 is 5.91 Å². The molecule has 2 rings (SSSR count). The van der Waals surface area contributed by atoms with Crippen LogP contribution in [0.2, 0.25) is 0 Å². The number of nitrogens with two attached hydrogens (primary N) is 1. The van der Waals surface area contributed by atoms with Crippen LogP contribution in [0.5, 0.6) is 0 Å². The molecule has 19 heavy (non-hydrogen) atoms. The molecule has 0 atom stereocenters. The molecule has 0 unspecified atom stereocenters. The van der Waals surface area contributed by atoms with E-state index >= 15 is 0 Å².